The fraction of sp³-hybridized carbons (Fsp3) is 0.412. The number of nitro groups is 1. The zero-order valence-corrected chi connectivity index (χ0v) is 28.8. The van der Waals surface area contributed by atoms with Crippen LogP contribution in [0.15, 0.2) is 71.6 Å². The first kappa shape index (κ1) is 38.3. The molecule has 1 aliphatic carbocycles. The van der Waals surface area contributed by atoms with Gasteiger partial charge in [-0.2, -0.15) is 16.1 Å². The van der Waals surface area contributed by atoms with E-state index in [4.69, 9.17) is 0 Å². The Bertz CT molecular complexity index is 1650. The van der Waals surface area contributed by atoms with E-state index in [1.807, 2.05) is 37.4 Å². The summed E-state index contributed by atoms with van der Waals surface area (Å²) in [6.07, 6.45) is 8.29. The van der Waals surface area contributed by atoms with Crippen LogP contribution in [0.5, 0.6) is 0 Å². The van der Waals surface area contributed by atoms with Crippen molar-refractivity contribution in [2.45, 2.75) is 69.4 Å². The minimum Gasteiger partial charge on any atom is -0.548 e. The average Bonchev–Trinajstić information content (AvgIpc) is 3.05. The normalized spacial score (nSPS) is 14.3. The van der Waals surface area contributed by atoms with Crippen LogP contribution in [-0.4, -0.2) is 54.1 Å². The maximum absolute atomic E-state index is 14.0. The molecule has 1 fully saturated rings. The van der Waals surface area contributed by atoms with E-state index in [-0.39, 0.29) is 54.5 Å². The molecular weight excluding hydrogens is 633 g/mol. The molecule has 10 nitrogen and oxygen atoms in total. The van der Waals surface area contributed by atoms with Gasteiger partial charge < -0.3 is 15.2 Å². The second-order valence-electron chi connectivity index (χ2n) is 11.7. The number of aryl methyl sites for hydroxylation is 1. The van der Waals surface area contributed by atoms with Crippen molar-refractivity contribution in [2.75, 3.05) is 18.6 Å². The van der Waals surface area contributed by atoms with E-state index in [2.05, 4.69) is 5.32 Å². The first-order valence-electron chi connectivity index (χ1n) is 15.5. The van der Waals surface area contributed by atoms with Crippen LogP contribution < -0.4 is 29.3 Å². The fourth-order valence-corrected chi connectivity index (χ4v) is 7.80. The number of rotatable bonds is 15. The van der Waals surface area contributed by atoms with Gasteiger partial charge in [0.15, 0.2) is 0 Å². The largest absolute Gasteiger partial charge is 1.00 e. The van der Waals surface area contributed by atoms with Gasteiger partial charge in [0, 0.05) is 30.8 Å². The number of aliphatic carboxylic acids is 1. The van der Waals surface area contributed by atoms with Crippen molar-refractivity contribution in [1.29, 1.82) is 0 Å². The number of nitrogens with one attached hydrogen (secondary N) is 1. The topological polar surface area (TPSA) is 150 Å². The zero-order valence-electron chi connectivity index (χ0n) is 27.1. The van der Waals surface area contributed by atoms with E-state index in [9.17, 15) is 33.2 Å². The van der Waals surface area contributed by atoms with Crippen molar-refractivity contribution in [3.05, 3.63) is 93.5 Å². The SMILES string of the molecule is CSCC[C@H](NC(=O)c1ccc(CN(CCC2CCCCC2)S(=O)(=O)c2ccc([N+](=O)[O-])cc2)cc1-c1ccccc1C)C(=O)[O-].[Li+]. The van der Waals surface area contributed by atoms with Gasteiger partial charge in [0.05, 0.1) is 21.8 Å². The third kappa shape index (κ3) is 10.2. The second-order valence-corrected chi connectivity index (χ2v) is 14.6. The number of benzene rings is 3. The van der Waals surface area contributed by atoms with Gasteiger partial charge in [0.2, 0.25) is 10.0 Å². The first-order chi connectivity index (χ1) is 22.0. The maximum atomic E-state index is 14.0. The van der Waals surface area contributed by atoms with Gasteiger partial charge in [-0.05, 0) is 84.2 Å². The Morgan fingerprint density at radius 1 is 1.02 bits per heavy atom. The number of carboxylic acids is 1. The van der Waals surface area contributed by atoms with Crippen molar-refractivity contribution >= 4 is 39.3 Å². The van der Waals surface area contributed by atoms with Gasteiger partial charge >= 0.3 is 18.9 Å². The van der Waals surface area contributed by atoms with Crippen LogP contribution >= 0.6 is 11.8 Å². The summed E-state index contributed by atoms with van der Waals surface area (Å²) < 4.78 is 29.4. The molecule has 13 heteroatoms. The molecule has 1 N–H and O–H groups in total. The molecule has 0 radical (unpaired) electrons. The van der Waals surface area contributed by atoms with Crippen LogP contribution in [0.1, 0.15) is 66.4 Å². The molecule has 1 amide bonds. The monoisotopic (exact) mass is 673 g/mol. The number of nitrogens with zero attached hydrogens (tertiary/aromatic N) is 2. The van der Waals surface area contributed by atoms with Gasteiger partial charge in [-0.15, -0.1) is 0 Å². The summed E-state index contributed by atoms with van der Waals surface area (Å²) in [5.41, 5.74) is 2.91. The molecule has 1 saturated carbocycles. The van der Waals surface area contributed by atoms with Crippen LogP contribution in [0.4, 0.5) is 5.69 Å². The van der Waals surface area contributed by atoms with Crippen molar-refractivity contribution in [3.8, 4) is 11.1 Å². The summed E-state index contributed by atoms with van der Waals surface area (Å²) >= 11 is 1.47. The quantitative estimate of drug-likeness (QED) is 0.147. The van der Waals surface area contributed by atoms with Gasteiger partial charge in [0.25, 0.3) is 11.6 Å². The number of carbonyl (C=O) groups excluding carboxylic acids is 2. The maximum Gasteiger partial charge on any atom is 1.00 e. The van der Waals surface area contributed by atoms with Gasteiger partial charge in [-0.3, -0.25) is 14.9 Å². The van der Waals surface area contributed by atoms with Crippen LogP contribution in [0.3, 0.4) is 0 Å². The predicted molar refractivity (Wildman–Crippen MR) is 178 cm³/mol. The molecule has 0 heterocycles. The van der Waals surface area contributed by atoms with Crippen LogP contribution in [0.2, 0.25) is 0 Å². The Morgan fingerprint density at radius 3 is 2.32 bits per heavy atom. The Hall–Kier alpha value is -3.14. The van der Waals surface area contributed by atoms with Gasteiger partial charge in [-0.25, -0.2) is 8.42 Å². The van der Waals surface area contributed by atoms with E-state index in [0.717, 1.165) is 36.8 Å². The minimum atomic E-state index is -4.03. The van der Waals surface area contributed by atoms with E-state index >= 15 is 0 Å². The number of sulfonamides is 1. The Kier molecular flexibility index (Phi) is 14.5. The summed E-state index contributed by atoms with van der Waals surface area (Å²) in [6.45, 7) is 2.19. The molecule has 0 bridgehead atoms. The fourth-order valence-electron chi connectivity index (χ4n) is 5.89. The number of non-ortho nitro benzene ring substituents is 1. The van der Waals surface area contributed by atoms with E-state index in [1.165, 1.54) is 46.8 Å². The molecule has 3 aromatic rings. The molecule has 3 aromatic carbocycles. The summed E-state index contributed by atoms with van der Waals surface area (Å²) in [4.78, 5) is 35.8. The number of thioether (sulfide) groups is 1. The van der Waals surface area contributed by atoms with E-state index in [1.54, 1.807) is 18.2 Å². The molecule has 47 heavy (non-hydrogen) atoms. The zero-order chi connectivity index (χ0) is 33.3. The number of hydrogen-bond acceptors (Lipinski definition) is 8. The average molecular weight is 674 g/mol. The van der Waals surface area contributed by atoms with Crippen molar-refractivity contribution in [2.24, 2.45) is 5.92 Å². The Balaban J connectivity index is 0.00000600. The third-order valence-electron chi connectivity index (χ3n) is 8.52. The second kappa shape index (κ2) is 17.9. The molecule has 0 aromatic heterocycles. The smallest absolute Gasteiger partial charge is 0.548 e. The molecule has 246 valence electrons. The van der Waals surface area contributed by atoms with Crippen LogP contribution in [0.25, 0.3) is 11.1 Å². The third-order valence-corrected chi connectivity index (χ3v) is 11.0. The molecule has 1 aliphatic rings. The molecule has 0 aliphatic heterocycles. The number of carboxylic acid groups (broad SMARTS) is 1. The molecule has 0 spiro atoms. The molecular formula is C34H40LiN3O7S2. The minimum absolute atomic E-state index is 0. The van der Waals surface area contributed by atoms with Gasteiger partial charge in [-0.1, -0.05) is 62.4 Å². The summed E-state index contributed by atoms with van der Waals surface area (Å²) in [5, 5.41) is 25.6. The Labute approximate surface area is 293 Å². The molecule has 0 saturated heterocycles. The number of hydrogen-bond donors (Lipinski definition) is 1. The first-order valence-corrected chi connectivity index (χ1v) is 18.3. The number of amides is 1. The van der Waals surface area contributed by atoms with Crippen molar-refractivity contribution < 1.29 is 46.9 Å². The summed E-state index contributed by atoms with van der Waals surface area (Å²) in [6, 6.07) is 16.3. The number of carbonyl (C=O) groups is 2. The predicted octanol–water partition coefficient (Wildman–Crippen LogP) is 2.34. The summed E-state index contributed by atoms with van der Waals surface area (Å²) in [5.74, 6) is -0.975. The standard InChI is InChI=1S/C34H41N3O7S2.Li/c1-24-8-6-7-11-29(24)31-22-26(12-17-30(31)33(38)35-32(34(39)40)19-21-45-2)23-36(20-18-25-9-4-3-5-10-25)46(43,44)28-15-13-27(14-16-28)37(41)42;/h6-8,11-17,22,25,32H,3-5,9-10,18-21,23H2,1-2H3,(H,35,38)(H,39,40);/q;+1/p-1/t32-;/m0./s1. The van der Waals surface area contributed by atoms with Crippen LogP contribution in [0, 0.1) is 23.0 Å². The van der Waals surface area contributed by atoms with E-state index in [0.29, 0.717) is 29.2 Å². The molecule has 4 rings (SSSR count). The van der Waals surface area contributed by atoms with Crippen molar-refractivity contribution in [1.82, 2.24) is 9.62 Å². The molecule has 0 unspecified atom stereocenters. The summed E-state index contributed by atoms with van der Waals surface area (Å²) in [7, 11) is -4.03. The number of nitro benzene ring substituents is 1. The van der Waals surface area contributed by atoms with Crippen LogP contribution in [-0.2, 0) is 21.4 Å². The van der Waals surface area contributed by atoms with Gasteiger partial charge in [0.1, 0.15) is 0 Å². The Morgan fingerprint density at radius 2 is 1.70 bits per heavy atom. The molecule has 1 atom stereocenters. The van der Waals surface area contributed by atoms with Crippen molar-refractivity contribution in [3.63, 3.8) is 0 Å². The van der Waals surface area contributed by atoms with E-state index < -0.39 is 32.9 Å².